The fourth-order valence-corrected chi connectivity index (χ4v) is 4.75. The average molecular weight is 436 g/mol. The maximum atomic E-state index is 14.3. The third-order valence-electron chi connectivity index (χ3n) is 4.76. The number of hydrogen-bond acceptors (Lipinski definition) is 6. The number of halogens is 1. The first-order chi connectivity index (χ1) is 14.3. The fourth-order valence-electron chi connectivity index (χ4n) is 3.14. The molecule has 1 amide bonds. The summed E-state index contributed by atoms with van der Waals surface area (Å²) < 4.78 is 50.7. The van der Waals surface area contributed by atoms with Crippen molar-refractivity contribution >= 4 is 27.6 Å². The van der Waals surface area contributed by atoms with E-state index >= 15 is 0 Å². The van der Waals surface area contributed by atoms with E-state index in [-0.39, 0.29) is 16.8 Å². The summed E-state index contributed by atoms with van der Waals surface area (Å²) in [6, 6.07) is 7.50. The van der Waals surface area contributed by atoms with Crippen LogP contribution in [0.15, 0.2) is 41.3 Å². The summed E-state index contributed by atoms with van der Waals surface area (Å²) in [6.45, 7) is 0.624. The highest BCUT2D eigenvalue weighted by Crippen LogP contribution is 2.26. The molecule has 0 aliphatic carbocycles. The lowest BCUT2D eigenvalue weighted by Crippen LogP contribution is -2.29. The van der Waals surface area contributed by atoms with E-state index in [2.05, 4.69) is 5.32 Å². The van der Waals surface area contributed by atoms with Crippen LogP contribution >= 0.6 is 0 Å². The van der Waals surface area contributed by atoms with Gasteiger partial charge in [-0.2, -0.15) is 4.31 Å². The van der Waals surface area contributed by atoms with E-state index in [0.717, 1.165) is 12.1 Å². The molecule has 1 aliphatic rings. The van der Waals surface area contributed by atoms with Crippen molar-refractivity contribution in [3.8, 4) is 5.75 Å². The van der Waals surface area contributed by atoms with Crippen molar-refractivity contribution in [2.75, 3.05) is 32.6 Å². The molecule has 0 unspecified atom stereocenters. The van der Waals surface area contributed by atoms with Gasteiger partial charge in [-0.05, 0) is 49.2 Å². The maximum Gasteiger partial charge on any atom is 0.340 e. The number of methoxy groups -OCH3 is 2. The van der Waals surface area contributed by atoms with Gasteiger partial charge in [0.05, 0.1) is 25.5 Å². The van der Waals surface area contributed by atoms with Crippen LogP contribution < -0.4 is 10.1 Å². The molecular formula is C20H21FN2O6S. The average Bonchev–Trinajstić information content (AvgIpc) is 3.29. The number of benzene rings is 2. The van der Waals surface area contributed by atoms with E-state index in [4.69, 9.17) is 9.47 Å². The molecule has 0 bridgehead atoms. The minimum absolute atomic E-state index is 0.0530. The summed E-state index contributed by atoms with van der Waals surface area (Å²) in [5, 5.41) is 2.53. The van der Waals surface area contributed by atoms with Gasteiger partial charge in [0.2, 0.25) is 10.0 Å². The normalized spacial score (nSPS) is 14.4. The summed E-state index contributed by atoms with van der Waals surface area (Å²) in [4.78, 5) is 24.2. The van der Waals surface area contributed by atoms with Crippen molar-refractivity contribution in [3.63, 3.8) is 0 Å². The van der Waals surface area contributed by atoms with Crippen molar-refractivity contribution < 1.29 is 31.9 Å². The van der Waals surface area contributed by atoms with Crippen LogP contribution in [0.5, 0.6) is 5.75 Å². The molecule has 1 heterocycles. The second-order valence-electron chi connectivity index (χ2n) is 6.61. The number of sulfonamides is 1. The molecule has 3 rings (SSSR count). The number of nitrogens with one attached hydrogen (secondary N) is 1. The predicted molar refractivity (Wildman–Crippen MR) is 107 cm³/mol. The lowest BCUT2D eigenvalue weighted by molar-refractivity contribution is 0.0601. The molecule has 0 radical (unpaired) electrons. The van der Waals surface area contributed by atoms with Crippen LogP contribution in [0, 0.1) is 5.82 Å². The van der Waals surface area contributed by atoms with E-state index in [1.54, 1.807) is 0 Å². The third kappa shape index (κ3) is 4.29. The molecule has 2 aromatic carbocycles. The SMILES string of the molecule is COC(=O)c1cc(OC)ccc1NC(=O)c1ccc(F)c(S(=O)(=O)N2CCCC2)c1. The third-order valence-corrected chi connectivity index (χ3v) is 6.67. The molecule has 1 fully saturated rings. The zero-order chi connectivity index (χ0) is 21.9. The molecule has 160 valence electrons. The Morgan fingerprint density at radius 2 is 1.77 bits per heavy atom. The van der Waals surface area contributed by atoms with Crippen molar-refractivity contribution in [2.45, 2.75) is 17.7 Å². The molecule has 30 heavy (non-hydrogen) atoms. The minimum Gasteiger partial charge on any atom is -0.497 e. The van der Waals surface area contributed by atoms with Crippen LogP contribution in [0.1, 0.15) is 33.6 Å². The fraction of sp³-hybridized carbons (Fsp3) is 0.300. The standard InChI is InChI=1S/C20H21FN2O6S/c1-28-14-6-8-17(15(12-14)20(25)29-2)22-19(24)13-5-7-16(21)18(11-13)30(26,27)23-9-3-4-10-23/h5-8,11-12H,3-4,9-10H2,1-2H3,(H,22,24). The summed E-state index contributed by atoms with van der Waals surface area (Å²) in [6.07, 6.45) is 1.41. The lowest BCUT2D eigenvalue weighted by Gasteiger charge is -2.17. The molecule has 0 spiro atoms. The van der Waals surface area contributed by atoms with Crippen molar-refractivity contribution in [2.24, 2.45) is 0 Å². The Kier molecular flexibility index (Phi) is 6.37. The van der Waals surface area contributed by atoms with Gasteiger partial charge in [-0.3, -0.25) is 4.79 Å². The van der Waals surface area contributed by atoms with Crippen molar-refractivity contribution in [1.82, 2.24) is 4.31 Å². The molecule has 1 N–H and O–H groups in total. The Labute approximate surface area is 173 Å². The first-order valence-electron chi connectivity index (χ1n) is 9.15. The number of amides is 1. The van der Waals surface area contributed by atoms with Crippen LogP contribution in [0.25, 0.3) is 0 Å². The highest BCUT2D eigenvalue weighted by atomic mass is 32.2. The molecule has 0 saturated carbocycles. The number of rotatable bonds is 6. The first kappa shape index (κ1) is 21.7. The molecular weight excluding hydrogens is 415 g/mol. The number of nitrogens with zero attached hydrogens (tertiary/aromatic N) is 1. The second kappa shape index (κ2) is 8.80. The van der Waals surface area contributed by atoms with Gasteiger partial charge in [0.15, 0.2) is 0 Å². The molecule has 10 heteroatoms. The zero-order valence-electron chi connectivity index (χ0n) is 16.5. The van der Waals surface area contributed by atoms with Crippen molar-refractivity contribution in [3.05, 3.63) is 53.3 Å². The maximum absolute atomic E-state index is 14.3. The predicted octanol–water partition coefficient (Wildman–Crippen LogP) is 2.66. The Bertz CT molecular complexity index is 1080. The molecule has 0 atom stereocenters. The summed E-state index contributed by atoms with van der Waals surface area (Å²) in [5.74, 6) is -1.95. The molecule has 1 saturated heterocycles. The van der Waals surface area contributed by atoms with Gasteiger partial charge in [-0.25, -0.2) is 17.6 Å². The van der Waals surface area contributed by atoms with Gasteiger partial charge in [-0.15, -0.1) is 0 Å². The number of carbonyl (C=O) groups excluding carboxylic acids is 2. The summed E-state index contributed by atoms with van der Waals surface area (Å²) in [5.41, 5.74) is 0.124. The smallest absolute Gasteiger partial charge is 0.340 e. The summed E-state index contributed by atoms with van der Waals surface area (Å²) >= 11 is 0. The second-order valence-corrected chi connectivity index (χ2v) is 8.52. The number of ether oxygens (including phenoxy) is 2. The first-order valence-corrected chi connectivity index (χ1v) is 10.6. The topological polar surface area (TPSA) is 102 Å². The number of anilines is 1. The highest BCUT2D eigenvalue weighted by molar-refractivity contribution is 7.89. The van der Waals surface area contributed by atoms with Crippen LogP contribution in [0.3, 0.4) is 0 Å². The Hall–Kier alpha value is -2.98. The molecule has 2 aromatic rings. The van der Waals surface area contributed by atoms with Gasteiger partial charge >= 0.3 is 5.97 Å². The van der Waals surface area contributed by atoms with Gasteiger partial charge in [-0.1, -0.05) is 0 Å². The van der Waals surface area contributed by atoms with E-state index in [9.17, 15) is 22.4 Å². The number of hydrogen-bond donors (Lipinski definition) is 1. The van der Waals surface area contributed by atoms with Crippen LogP contribution in [-0.2, 0) is 14.8 Å². The highest BCUT2D eigenvalue weighted by Gasteiger charge is 2.30. The van der Waals surface area contributed by atoms with Crippen LogP contribution in [-0.4, -0.2) is 51.9 Å². The monoisotopic (exact) mass is 436 g/mol. The van der Waals surface area contributed by atoms with Crippen LogP contribution in [0.4, 0.5) is 10.1 Å². The van der Waals surface area contributed by atoms with Gasteiger partial charge in [0, 0.05) is 18.7 Å². The molecule has 8 nitrogen and oxygen atoms in total. The Morgan fingerprint density at radius 1 is 1.07 bits per heavy atom. The van der Waals surface area contributed by atoms with E-state index in [0.29, 0.717) is 31.7 Å². The quantitative estimate of drug-likeness (QED) is 0.699. The Morgan fingerprint density at radius 3 is 2.40 bits per heavy atom. The van der Waals surface area contributed by atoms with Crippen LogP contribution in [0.2, 0.25) is 0 Å². The van der Waals surface area contributed by atoms with Gasteiger partial charge < -0.3 is 14.8 Å². The van der Waals surface area contributed by atoms with E-state index in [1.807, 2.05) is 0 Å². The number of carbonyl (C=O) groups is 2. The minimum atomic E-state index is -4.05. The Balaban J connectivity index is 1.93. The largest absolute Gasteiger partial charge is 0.497 e. The lowest BCUT2D eigenvalue weighted by atomic mass is 10.1. The van der Waals surface area contributed by atoms with Gasteiger partial charge in [0.1, 0.15) is 16.5 Å². The molecule has 1 aliphatic heterocycles. The van der Waals surface area contributed by atoms with E-state index < -0.39 is 32.6 Å². The van der Waals surface area contributed by atoms with E-state index in [1.165, 1.54) is 42.8 Å². The van der Waals surface area contributed by atoms with Crippen molar-refractivity contribution in [1.29, 1.82) is 0 Å². The summed E-state index contributed by atoms with van der Waals surface area (Å²) in [7, 11) is -1.42. The number of esters is 1. The zero-order valence-corrected chi connectivity index (χ0v) is 17.3. The molecule has 0 aromatic heterocycles. The van der Waals surface area contributed by atoms with Gasteiger partial charge in [0.25, 0.3) is 5.91 Å².